The van der Waals surface area contributed by atoms with E-state index in [4.69, 9.17) is 5.11 Å². The average molecular weight is 174 g/mol. The van der Waals surface area contributed by atoms with Crippen molar-refractivity contribution in [3.8, 4) is 0 Å². The van der Waals surface area contributed by atoms with E-state index in [9.17, 15) is 0 Å². The van der Waals surface area contributed by atoms with Gasteiger partial charge in [0.05, 0.1) is 6.61 Å². The molecule has 3 heteroatoms. The van der Waals surface area contributed by atoms with Gasteiger partial charge in [-0.1, -0.05) is 12.7 Å². The lowest BCUT2D eigenvalue weighted by Gasteiger charge is -1.92. The molecule has 0 aliphatic heterocycles. The molecule has 0 amide bonds. The lowest BCUT2D eigenvalue weighted by molar-refractivity contribution is 0.278. The standard InChI is InChI=1S/C10H10N2O/c1-2-7-3-4-11-10-9(7)5-8(6-13)12-10/h2-5,13H,1,6H2,(H,11,12). The summed E-state index contributed by atoms with van der Waals surface area (Å²) in [6, 6.07) is 3.78. The van der Waals surface area contributed by atoms with Gasteiger partial charge < -0.3 is 10.1 Å². The van der Waals surface area contributed by atoms with Gasteiger partial charge in [0.15, 0.2) is 0 Å². The molecule has 0 spiro atoms. The van der Waals surface area contributed by atoms with E-state index >= 15 is 0 Å². The fraction of sp³-hybridized carbons (Fsp3) is 0.100. The molecule has 0 bridgehead atoms. The summed E-state index contributed by atoms with van der Waals surface area (Å²) in [5.41, 5.74) is 2.60. The van der Waals surface area contributed by atoms with Crippen LogP contribution in [-0.2, 0) is 6.61 Å². The predicted octanol–water partition coefficient (Wildman–Crippen LogP) is 1.70. The minimum atomic E-state index is 0.00689. The van der Waals surface area contributed by atoms with E-state index in [2.05, 4.69) is 16.5 Å². The largest absolute Gasteiger partial charge is 0.390 e. The van der Waals surface area contributed by atoms with Crippen molar-refractivity contribution in [3.63, 3.8) is 0 Å². The monoisotopic (exact) mass is 174 g/mol. The highest BCUT2D eigenvalue weighted by molar-refractivity contribution is 5.86. The molecule has 0 saturated carbocycles. The highest BCUT2D eigenvalue weighted by Gasteiger charge is 2.02. The van der Waals surface area contributed by atoms with Crippen LogP contribution in [-0.4, -0.2) is 15.1 Å². The summed E-state index contributed by atoms with van der Waals surface area (Å²) in [6.45, 7) is 3.72. The van der Waals surface area contributed by atoms with Gasteiger partial charge in [0.2, 0.25) is 0 Å². The maximum atomic E-state index is 8.92. The number of hydrogen-bond donors (Lipinski definition) is 2. The number of hydrogen-bond acceptors (Lipinski definition) is 2. The molecular weight excluding hydrogens is 164 g/mol. The van der Waals surface area contributed by atoms with Gasteiger partial charge in [-0.25, -0.2) is 4.98 Å². The van der Waals surface area contributed by atoms with Crippen LogP contribution in [0.4, 0.5) is 0 Å². The molecule has 2 aromatic heterocycles. The van der Waals surface area contributed by atoms with E-state index in [1.54, 1.807) is 12.3 Å². The van der Waals surface area contributed by atoms with Crippen molar-refractivity contribution in [2.75, 3.05) is 0 Å². The van der Waals surface area contributed by atoms with Gasteiger partial charge in [-0.2, -0.15) is 0 Å². The highest BCUT2D eigenvalue weighted by Crippen LogP contribution is 2.18. The first-order valence-corrected chi connectivity index (χ1v) is 4.05. The molecular formula is C10H10N2O. The summed E-state index contributed by atoms with van der Waals surface area (Å²) in [6.07, 6.45) is 3.50. The topological polar surface area (TPSA) is 48.9 Å². The van der Waals surface area contributed by atoms with Crippen LogP contribution in [0.25, 0.3) is 17.1 Å². The molecule has 2 aromatic rings. The molecule has 0 unspecified atom stereocenters. The maximum Gasteiger partial charge on any atom is 0.138 e. The lowest BCUT2D eigenvalue weighted by Crippen LogP contribution is -1.80. The van der Waals surface area contributed by atoms with Crippen molar-refractivity contribution in [3.05, 3.63) is 36.2 Å². The smallest absolute Gasteiger partial charge is 0.138 e. The highest BCUT2D eigenvalue weighted by atomic mass is 16.3. The number of aliphatic hydroxyl groups is 1. The third-order valence-electron chi connectivity index (χ3n) is 2.01. The van der Waals surface area contributed by atoms with Crippen LogP contribution in [0.15, 0.2) is 24.9 Å². The van der Waals surface area contributed by atoms with Crippen LogP contribution in [0.1, 0.15) is 11.3 Å². The average Bonchev–Trinajstić information content (AvgIpc) is 2.59. The van der Waals surface area contributed by atoms with Crippen molar-refractivity contribution in [1.82, 2.24) is 9.97 Å². The van der Waals surface area contributed by atoms with Gasteiger partial charge in [-0.05, 0) is 17.7 Å². The van der Waals surface area contributed by atoms with Gasteiger partial charge in [0.1, 0.15) is 5.65 Å². The zero-order valence-electron chi connectivity index (χ0n) is 7.12. The van der Waals surface area contributed by atoms with Gasteiger partial charge in [-0.3, -0.25) is 0 Å². The van der Waals surface area contributed by atoms with Crippen LogP contribution in [0.3, 0.4) is 0 Å². The minimum absolute atomic E-state index is 0.00689. The summed E-state index contributed by atoms with van der Waals surface area (Å²) >= 11 is 0. The van der Waals surface area contributed by atoms with Crippen LogP contribution < -0.4 is 0 Å². The summed E-state index contributed by atoms with van der Waals surface area (Å²) in [4.78, 5) is 7.16. The van der Waals surface area contributed by atoms with Crippen LogP contribution in [0.2, 0.25) is 0 Å². The van der Waals surface area contributed by atoms with E-state index < -0.39 is 0 Å². The van der Waals surface area contributed by atoms with Crippen molar-refractivity contribution < 1.29 is 5.11 Å². The number of aromatic amines is 1. The fourth-order valence-corrected chi connectivity index (χ4v) is 1.37. The Morgan fingerprint density at radius 3 is 3.15 bits per heavy atom. The molecule has 0 aromatic carbocycles. The van der Waals surface area contributed by atoms with Crippen molar-refractivity contribution in [2.45, 2.75) is 6.61 Å². The Balaban J connectivity index is 2.74. The van der Waals surface area contributed by atoms with Gasteiger partial charge in [-0.15, -0.1) is 0 Å². The van der Waals surface area contributed by atoms with E-state index in [1.807, 2.05) is 12.1 Å². The number of aromatic nitrogens is 2. The van der Waals surface area contributed by atoms with Crippen LogP contribution >= 0.6 is 0 Å². The third kappa shape index (κ3) is 1.23. The van der Waals surface area contributed by atoms with Gasteiger partial charge >= 0.3 is 0 Å². The second-order valence-electron chi connectivity index (χ2n) is 2.82. The Bertz CT molecular complexity index is 445. The number of H-pyrrole nitrogens is 1. The number of aliphatic hydroxyl groups excluding tert-OH is 1. The molecule has 2 N–H and O–H groups in total. The summed E-state index contributed by atoms with van der Waals surface area (Å²) < 4.78 is 0. The van der Waals surface area contributed by atoms with Crippen LogP contribution in [0, 0.1) is 0 Å². The van der Waals surface area contributed by atoms with E-state index in [0.717, 1.165) is 22.3 Å². The molecule has 2 heterocycles. The SMILES string of the molecule is C=Cc1ccnc2[nH]c(CO)cc12. The van der Waals surface area contributed by atoms with Crippen molar-refractivity contribution >= 4 is 17.1 Å². The number of nitrogens with zero attached hydrogens (tertiary/aromatic N) is 1. The molecule has 0 atom stereocenters. The molecule has 0 fully saturated rings. The van der Waals surface area contributed by atoms with Crippen molar-refractivity contribution in [2.24, 2.45) is 0 Å². The molecule has 3 nitrogen and oxygen atoms in total. The number of fused-ring (bicyclic) bond motifs is 1. The third-order valence-corrected chi connectivity index (χ3v) is 2.01. The molecule has 0 saturated heterocycles. The summed E-state index contributed by atoms with van der Waals surface area (Å²) in [7, 11) is 0. The Morgan fingerprint density at radius 2 is 2.46 bits per heavy atom. The minimum Gasteiger partial charge on any atom is -0.390 e. The van der Waals surface area contributed by atoms with E-state index in [-0.39, 0.29) is 6.61 Å². The second-order valence-corrected chi connectivity index (χ2v) is 2.82. The Hall–Kier alpha value is -1.61. The Morgan fingerprint density at radius 1 is 1.62 bits per heavy atom. The first-order chi connectivity index (χ1) is 6.35. The second kappa shape index (κ2) is 3.03. The summed E-state index contributed by atoms with van der Waals surface area (Å²) in [5.74, 6) is 0. The predicted molar refractivity (Wildman–Crippen MR) is 52.1 cm³/mol. The van der Waals surface area contributed by atoms with Gasteiger partial charge in [0.25, 0.3) is 0 Å². The molecule has 0 aliphatic rings. The first-order valence-electron chi connectivity index (χ1n) is 4.05. The summed E-state index contributed by atoms with van der Waals surface area (Å²) in [5, 5.41) is 9.92. The molecule has 0 radical (unpaired) electrons. The quantitative estimate of drug-likeness (QED) is 0.728. The fourth-order valence-electron chi connectivity index (χ4n) is 1.37. The number of nitrogens with one attached hydrogen (secondary N) is 1. The maximum absolute atomic E-state index is 8.92. The zero-order valence-corrected chi connectivity index (χ0v) is 7.12. The van der Waals surface area contributed by atoms with Crippen molar-refractivity contribution in [1.29, 1.82) is 0 Å². The van der Waals surface area contributed by atoms with E-state index in [1.165, 1.54) is 0 Å². The lowest BCUT2D eigenvalue weighted by atomic mass is 10.2. The number of rotatable bonds is 2. The van der Waals surface area contributed by atoms with Gasteiger partial charge in [0, 0.05) is 17.3 Å². The first kappa shape index (κ1) is 8.01. The normalized spacial score (nSPS) is 10.5. The molecule has 13 heavy (non-hydrogen) atoms. The Labute approximate surface area is 75.7 Å². The Kier molecular flexibility index (Phi) is 1.87. The molecule has 66 valence electrons. The molecule has 2 rings (SSSR count). The van der Waals surface area contributed by atoms with Crippen LogP contribution in [0.5, 0.6) is 0 Å². The zero-order chi connectivity index (χ0) is 9.26. The number of pyridine rings is 1. The molecule has 0 aliphatic carbocycles. The van der Waals surface area contributed by atoms with E-state index in [0.29, 0.717) is 0 Å².